The molecule has 1 saturated carbocycles. The second-order valence-corrected chi connectivity index (χ2v) is 8.45. The summed E-state index contributed by atoms with van der Waals surface area (Å²) in [6.45, 7) is 15.9. The van der Waals surface area contributed by atoms with E-state index in [4.69, 9.17) is 0 Å². The first kappa shape index (κ1) is 14.4. The van der Waals surface area contributed by atoms with Gasteiger partial charge in [-0.05, 0) is 61.6 Å². The van der Waals surface area contributed by atoms with Crippen molar-refractivity contribution < 1.29 is 0 Å². The highest BCUT2D eigenvalue weighted by atomic mass is 15.0. The third-order valence-electron chi connectivity index (χ3n) is 4.05. The van der Waals surface area contributed by atoms with Gasteiger partial charge < -0.3 is 5.32 Å². The van der Waals surface area contributed by atoms with E-state index in [1.165, 1.54) is 29.7 Å². The maximum atomic E-state index is 3.67. The van der Waals surface area contributed by atoms with Crippen LogP contribution in [0.4, 0.5) is 5.69 Å². The average molecular weight is 259 g/mol. The second-order valence-electron chi connectivity index (χ2n) is 8.45. The zero-order valence-corrected chi connectivity index (χ0v) is 13.6. The van der Waals surface area contributed by atoms with E-state index in [9.17, 15) is 0 Å². The van der Waals surface area contributed by atoms with Gasteiger partial charge in [0.15, 0.2) is 0 Å². The predicted molar refractivity (Wildman–Crippen MR) is 85.1 cm³/mol. The summed E-state index contributed by atoms with van der Waals surface area (Å²) in [6.07, 6.45) is 2.64. The molecule has 0 aliphatic heterocycles. The Labute approximate surface area is 118 Å². The lowest BCUT2D eigenvalue weighted by Gasteiger charge is -2.28. The zero-order chi connectivity index (χ0) is 14.5. The molecule has 0 amide bonds. The summed E-state index contributed by atoms with van der Waals surface area (Å²) < 4.78 is 0. The van der Waals surface area contributed by atoms with Crippen LogP contribution in [-0.4, -0.2) is 5.54 Å². The molecule has 0 aromatic heterocycles. The molecule has 2 rings (SSSR count). The van der Waals surface area contributed by atoms with Gasteiger partial charge in [0, 0.05) is 11.2 Å². The lowest BCUT2D eigenvalue weighted by molar-refractivity contribution is 0.586. The summed E-state index contributed by atoms with van der Waals surface area (Å²) in [7, 11) is 0. The van der Waals surface area contributed by atoms with Crippen molar-refractivity contribution in [2.24, 2.45) is 0 Å². The Kier molecular flexibility index (Phi) is 3.24. The molecule has 0 saturated heterocycles. The van der Waals surface area contributed by atoms with E-state index in [1.54, 1.807) is 0 Å². The largest absolute Gasteiger partial charge is 0.380 e. The standard InChI is InChI=1S/C18H29N/c1-16(2,3)13-8-9-15(19-17(4,5)6)14(12-13)18(7)10-11-18/h8-9,12,19H,10-11H2,1-7H3. The molecule has 1 aromatic carbocycles. The van der Waals surface area contributed by atoms with Crippen molar-refractivity contribution in [3.05, 3.63) is 29.3 Å². The fraction of sp³-hybridized carbons (Fsp3) is 0.667. The molecule has 0 spiro atoms. The molecule has 1 nitrogen and oxygen atoms in total. The van der Waals surface area contributed by atoms with Gasteiger partial charge in [-0.1, -0.05) is 39.8 Å². The van der Waals surface area contributed by atoms with E-state index in [2.05, 4.69) is 72.0 Å². The molecule has 0 atom stereocenters. The highest BCUT2D eigenvalue weighted by Gasteiger charge is 2.41. The summed E-state index contributed by atoms with van der Waals surface area (Å²) in [5.41, 5.74) is 5.00. The fourth-order valence-electron chi connectivity index (χ4n) is 2.48. The third kappa shape index (κ3) is 3.32. The van der Waals surface area contributed by atoms with Crippen LogP contribution in [0.3, 0.4) is 0 Å². The summed E-state index contributed by atoms with van der Waals surface area (Å²) in [6, 6.07) is 7.00. The molecule has 0 unspecified atom stereocenters. The fourth-order valence-corrected chi connectivity index (χ4v) is 2.48. The van der Waals surface area contributed by atoms with Crippen molar-refractivity contribution in [1.29, 1.82) is 0 Å². The quantitative estimate of drug-likeness (QED) is 0.765. The van der Waals surface area contributed by atoms with Crippen LogP contribution < -0.4 is 5.32 Å². The van der Waals surface area contributed by atoms with Gasteiger partial charge in [-0.2, -0.15) is 0 Å². The number of benzene rings is 1. The molecule has 19 heavy (non-hydrogen) atoms. The first-order valence-corrected chi connectivity index (χ1v) is 7.45. The maximum Gasteiger partial charge on any atom is 0.0382 e. The van der Waals surface area contributed by atoms with Crippen LogP contribution in [0.15, 0.2) is 18.2 Å². The summed E-state index contributed by atoms with van der Waals surface area (Å²) in [4.78, 5) is 0. The van der Waals surface area contributed by atoms with Crippen molar-refractivity contribution in [1.82, 2.24) is 0 Å². The number of nitrogens with one attached hydrogen (secondary N) is 1. The monoisotopic (exact) mass is 259 g/mol. The molecule has 1 aromatic rings. The Morgan fingerprint density at radius 1 is 1.00 bits per heavy atom. The van der Waals surface area contributed by atoms with Crippen LogP contribution in [-0.2, 0) is 10.8 Å². The lowest BCUT2D eigenvalue weighted by atomic mass is 9.83. The zero-order valence-electron chi connectivity index (χ0n) is 13.6. The van der Waals surface area contributed by atoms with Crippen molar-refractivity contribution in [2.75, 3.05) is 5.32 Å². The lowest BCUT2D eigenvalue weighted by Crippen LogP contribution is -2.27. The van der Waals surface area contributed by atoms with Gasteiger partial charge in [-0.25, -0.2) is 0 Å². The van der Waals surface area contributed by atoms with Gasteiger partial charge >= 0.3 is 0 Å². The topological polar surface area (TPSA) is 12.0 Å². The molecular formula is C18H29N. The van der Waals surface area contributed by atoms with Crippen LogP contribution in [0.1, 0.15) is 72.4 Å². The van der Waals surface area contributed by atoms with E-state index in [0.29, 0.717) is 5.41 Å². The van der Waals surface area contributed by atoms with E-state index < -0.39 is 0 Å². The third-order valence-corrected chi connectivity index (χ3v) is 4.05. The van der Waals surface area contributed by atoms with Crippen LogP contribution in [0.25, 0.3) is 0 Å². The minimum absolute atomic E-state index is 0.114. The molecular weight excluding hydrogens is 230 g/mol. The minimum atomic E-state index is 0.114. The summed E-state index contributed by atoms with van der Waals surface area (Å²) in [5.74, 6) is 0. The Hall–Kier alpha value is -0.980. The van der Waals surface area contributed by atoms with Gasteiger partial charge in [0.1, 0.15) is 0 Å². The van der Waals surface area contributed by atoms with Gasteiger partial charge in [-0.15, -0.1) is 0 Å². The molecule has 106 valence electrons. The Morgan fingerprint density at radius 2 is 1.58 bits per heavy atom. The molecule has 1 fully saturated rings. The SMILES string of the molecule is CC(C)(C)Nc1ccc(C(C)(C)C)cc1C1(C)CC1. The smallest absolute Gasteiger partial charge is 0.0382 e. The second kappa shape index (κ2) is 4.26. The predicted octanol–water partition coefficient (Wildman–Crippen LogP) is 5.25. The van der Waals surface area contributed by atoms with Crippen LogP contribution in [0, 0.1) is 0 Å². The number of hydrogen-bond acceptors (Lipinski definition) is 1. The molecule has 0 radical (unpaired) electrons. The highest BCUT2D eigenvalue weighted by molar-refractivity contribution is 5.59. The van der Waals surface area contributed by atoms with Crippen molar-refractivity contribution >= 4 is 5.69 Å². The minimum Gasteiger partial charge on any atom is -0.380 e. The van der Waals surface area contributed by atoms with E-state index >= 15 is 0 Å². The molecule has 1 aliphatic carbocycles. The maximum absolute atomic E-state index is 3.67. The number of hydrogen-bond donors (Lipinski definition) is 1. The molecule has 1 heteroatoms. The molecule has 0 bridgehead atoms. The molecule has 0 heterocycles. The van der Waals surface area contributed by atoms with Crippen LogP contribution in [0.2, 0.25) is 0 Å². The van der Waals surface area contributed by atoms with Gasteiger partial charge in [0.2, 0.25) is 0 Å². The van der Waals surface area contributed by atoms with Crippen LogP contribution in [0.5, 0.6) is 0 Å². The average Bonchev–Trinajstić information content (AvgIpc) is 2.94. The van der Waals surface area contributed by atoms with Crippen LogP contribution >= 0.6 is 0 Å². The van der Waals surface area contributed by atoms with Crippen molar-refractivity contribution in [3.8, 4) is 0 Å². The summed E-state index contributed by atoms with van der Waals surface area (Å²) >= 11 is 0. The number of anilines is 1. The number of rotatable bonds is 2. The highest BCUT2D eigenvalue weighted by Crippen LogP contribution is 2.51. The first-order chi connectivity index (χ1) is 8.51. The van der Waals surface area contributed by atoms with E-state index in [1.807, 2.05) is 0 Å². The van der Waals surface area contributed by atoms with Gasteiger partial charge in [0.05, 0.1) is 0 Å². The van der Waals surface area contributed by atoms with Crippen molar-refractivity contribution in [2.45, 2.75) is 77.7 Å². The Bertz CT molecular complexity index is 467. The molecule has 1 aliphatic rings. The van der Waals surface area contributed by atoms with Gasteiger partial charge in [0.25, 0.3) is 0 Å². The normalized spacial score (nSPS) is 18.3. The van der Waals surface area contributed by atoms with E-state index in [0.717, 1.165) is 0 Å². The van der Waals surface area contributed by atoms with E-state index in [-0.39, 0.29) is 11.0 Å². The van der Waals surface area contributed by atoms with Crippen molar-refractivity contribution in [3.63, 3.8) is 0 Å². The Morgan fingerprint density at radius 3 is 2.00 bits per heavy atom. The molecule has 1 N–H and O–H groups in total. The first-order valence-electron chi connectivity index (χ1n) is 7.45. The Balaban J connectivity index is 2.44. The summed E-state index contributed by atoms with van der Waals surface area (Å²) in [5, 5.41) is 3.67. The van der Waals surface area contributed by atoms with Gasteiger partial charge in [-0.3, -0.25) is 0 Å².